The highest BCUT2D eigenvalue weighted by atomic mass is 16.2. The molecule has 29 heavy (non-hydrogen) atoms. The lowest BCUT2D eigenvalue weighted by molar-refractivity contribution is -0.134. The van der Waals surface area contributed by atoms with Gasteiger partial charge in [-0.3, -0.25) is 9.59 Å². The molecule has 2 unspecified atom stereocenters. The molecule has 2 fully saturated rings. The van der Waals surface area contributed by atoms with Gasteiger partial charge in [0.05, 0.1) is 11.8 Å². The van der Waals surface area contributed by atoms with Crippen molar-refractivity contribution in [3.63, 3.8) is 0 Å². The summed E-state index contributed by atoms with van der Waals surface area (Å²) < 4.78 is 0. The van der Waals surface area contributed by atoms with Crippen LogP contribution in [-0.2, 0) is 9.59 Å². The highest BCUT2D eigenvalue weighted by Crippen LogP contribution is 2.42. The summed E-state index contributed by atoms with van der Waals surface area (Å²) in [6, 6.07) is 13.9. The van der Waals surface area contributed by atoms with Crippen LogP contribution in [0.4, 0.5) is 11.5 Å². The van der Waals surface area contributed by atoms with Crippen LogP contribution < -0.4 is 9.80 Å². The number of hydrogen-bond acceptors (Lipinski definition) is 4. The summed E-state index contributed by atoms with van der Waals surface area (Å²) in [4.78, 5) is 36.3. The highest BCUT2D eigenvalue weighted by Gasteiger charge is 2.51. The molecule has 2 atom stereocenters. The number of carbonyl (C=O) groups is 2. The van der Waals surface area contributed by atoms with E-state index < -0.39 is 0 Å². The first-order valence-corrected chi connectivity index (χ1v) is 10.4. The number of rotatable bonds is 5. The Hall–Kier alpha value is -2.89. The van der Waals surface area contributed by atoms with Gasteiger partial charge in [-0.05, 0) is 50.1 Å². The molecular formula is C23H28N4O2. The normalized spacial score (nSPS) is 21.0. The van der Waals surface area contributed by atoms with Crippen LogP contribution >= 0.6 is 0 Å². The molecule has 2 aromatic rings. The fourth-order valence-electron chi connectivity index (χ4n) is 4.13. The third kappa shape index (κ3) is 4.11. The number of hydrogen-bond donors (Lipinski definition) is 0. The second kappa shape index (κ2) is 8.23. The maximum atomic E-state index is 13.0. The largest absolute Gasteiger partial charge is 0.353 e. The third-order valence-corrected chi connectivity index (χ3v) is 5.89. The smallest absolute Gasteiger partial charge is 0.230 e. The van der Waals surface area contributed by atoms with Gasteiger partial charge in [-0.25, -0.2) is 4.98 Å². The number of piperazine rings is 1. The molecule has 1 saturated heterocycles. The second-order valence-corrected chi connectivity index (χ2v) is 7.87. The monoisotopic (exact) mass is 392 g/mol. The van der Waals surface area contributed by atoms with Gasteiger partial charge in [0.1, 0.15) is 5.82 Å². The van der Waals surface area contributed by atoms with Crippen molar-refractivity contribution in [2.24, 2.45) is 11.8 Å². The number of amides is 2. The van der Waals surface area contributed by atoms with Crippen molar-refractivity contribution < 1.29 is 9.59 Å². The molecule has 1 aliphatic carbocycles. The Kier molecular flexibility index (Phi) is 5.51. The Morgan fingerprint density at radius 1 is 1.07 bits per heavy atom. The van der Waals surface area contributed by atoms with Gasteiger partial charge in [-0.2, -0.15) is 0 Å². The zero-order valence-corrected chi connectivity index (χ0v) is 17.1. The second-order valence-electron chi connectivity index (χ2n) is 7.87. The molecular weight excluding hydrogens is 364 g/mol. The van der Waals surface area contributed by atoms with Gasteiger partial charge in [-0.1, -0.05) is 18.2 Å². The number of anilines is 2. The van der Waals surface area contributed by atoms with Crippen LogP contribution in [-0.4, -0.2) is 54.4 Å². The SMILES string of the molecule is CCN(C(=O)C1CC1C(=O)N1CCN(c2ccccn2)CC1)c1cccc(C)c1. The Balaban J connectivity index is 1.34. The predicted octanol–water partition coefficient (Wildman–Crippen LogP) is 2.73. The molecule has 2 heterocycles. The van der Waals surface area contributed by atoms with E-state index in [0.717, 1.165) is 30.2 Å². The number of benzene rings is 1. The van der Waals surface area contributed by atoms with E-state index in [1.165, 1.54) is 0 Å². The number of nitrogens with zero attached hydrogens (tertiary/aromatic N) is 4. The maximum Gasteiger partial charge on any atom is 0.230 e. The minimum Gasteiger partial charge on any atom is -0.353 e. The maximum absolute atomic E-state index is 13.0. The molecule has 0 radical (unpaired) electrons. The van der Waals surface area contributed by atoms with E-state index in [-0.39, 0.29) is 23.7 Å². The van der Waals surface area contributed by atoms with Crippen LogP contribution in [0.15, 0.2) is 48.7 Å². The predicted molar refractivity (Wildman–Crippen MR) is 114 cm³/mol. The quantitative estimate of drug-likeness (QED) is 0.785. The van der Waals surface area contributed by atoms with Crippen LogP contribution in [0.25, 0.3) is 0 Å². The molecule has 1 aromatic heterocycles. The Morgan fingerprint density at radius 2 is 1.86 bits per heavy atom. The van der Waals surface area contributed by atoms with Crippen molar-refractivity contribution in [1.82, 2.24) is 9.88 Å². The summed E-state index contributed by atoms with van der Waals surface area (Å²) in [5, 5.41) is 0. The van der Waals surface area contributed by atoms with Gasteiger partial charge in [0.15, 0.2) is 0 Å². The Bertz CT molecular complexity index is 877. The molecule has 6 heteroatoms. The number of aryl methyl sites for hydroxylation is 1. The first-order chi connectivity index (χ1) is 14.1. The number of aromatic nitrogens is 1. The van der Waals surface area contributed by atoms with Crippen LogP contribution in [0.2, 0.25) is 0 Å². The van der Waals surface area contributed by atoms with E-state index in [4.69, 9.17) is 0 Å². The number of pyridine rings is 1. The van der Waals surface area contributed by atoms with Gasteiger partial charge in [0.25, 0.3) is 0 Å². The van der Waals surface area contributed by atoms with Crippen molar-refractivity contribution >= 4 is 23.3 Å². The number of carbonyl (C=O) groups excluding carboxylic acids is 2. The summed E-state index contributed by atoms with van der Waals surface area (Å²) in [6.45, 7) is 7.54. The van der Waals surface area contributed by atoms with Crippen molar-refractivity contribution in [2.75, 3.05) is 42.5 Å². The van der Waals surface area contributed by atoms with Gasteiger partial charge in [0, 0.05) is 44.6 Å². The lowest BCUT2D eigenvalue weighted by Gasteiger charge is -2.35. The summed E-state index contributed by atoms with van der Waals surface area (Å²) >= 11 is 0. The van der Waals surface area contributed by atoms with Gasteiger partial charge in [-0.15, -0.1) is 0 Å². The highest BCUT2D eigenvalue weighted by molar-refractivity contribution is 6.01. The van der Waals surface area contributed by atoms with Crippen LogP contribution in [0.3, 0.4) is 0 Å². The molecule has 2 amide bonds. The molecule has 2 aliphatic rings. The summed E-state index contributed by atoms with van der Waals surface area (Å²) in [7, 11) is 0. The zero-order valence-electron chi connectivity index (χ0n) is 17.1. The standard InChI is InChI=1S/C23H28N4O2/c1-3-27(18-8-6-7-17(2)15-18)23(29)20-16-19(20)22(28)26-13-11-25(12-14-26)21-9-4-5-10-24-21/h4-10,15,19-20H,3,11-14,16H2,1-2H3. The molecule has 0 bridgehead atoms. The lowest BCUT2D eigenvalue weighted by atomic mass is 10.1. The van der Waals surface area contributed by atoms with E-state index >= 15 is 0 Å². The minimum absolute atomic E-state index is 0.0728. The van der Waals surface area contributed by atoms with Gasteiger partial charge >= 0.3 is 0 Å². The van der Waals surface area contributed by atoms with Gasteiger partial charge < -0.3 is 14.7 Å². The van der Waals surface area contributed by atoms with Crippen molar-refractivity contribution in [1.29, 1.82) is 0 Å². The average Bonchev–Trinajstić information content (AvgIpc) is 3.55. The van der Waals surface area contributed by atoms with E-state index in [9.17, 15) is 9.59 Å². The van der Waals surface area contributed by atoms with Crippen molar-refractivity contribution in [3.05, 3.63) is 54.2 Å². The van der Waals surface area contributed by atoms with Crippen LogP contribution in [0, 0.1) is 18.8 Å². The fraction of sp³-hybridized carbons (Fsp3) is 0.435. The third-order valence-electron chi connectivity index (χ3n) is 5.89. The van der Waals surface area contributed by atoms with E-state index in [2.05, 4.69) is 9.88 Å². The van der Waals surface area contributed by atoms with Gasteiger partial charge in [0.2, 0.25) is 11.8 Å². The molecule has 0 spiro atoms. The lowest BCUT2D eigenvalue weighted by Crippen LogP contribution is -2.49. The topological polar surface area (TPSA) is 56.8 Å². The molecule has 6 nitrogen and oxygen atoms in total. The summed E-state index contributed by atoms with van der Waals surface area (Å²) in [6.07, 6.45) is 2.46. The van der Waals surface area contributed by atoms with E-state index in [0.29, 0.717) is 26.1 Å². The van der Waals surface area contributed by atoms with Crippen LogP contribution in [0.5, 0.6) is 0 Å². The Labute approximate surface area is 172 Å². The van der Waals surface area contributed by atoms with E-state index in [1.54, 1.807) is 6.20 Å². The average molecular weight is 393 g/mol. The summed E-state index contributed by atoms with van der Waals surface area (Å²) in [5.74, 6) is 0.809. The van der Waals surface area contributed by atoms with Crippen molar-refractivity contribution in [3.8, 4) is 0 Å². The first-order valence-electron chi connectivity index (χ1n) is 10.4. The van der Waals surface area contributed by atoms with Crippen LogP contribution in [0.1, 0.15) is 18.9 Å². The zero-order chi connectivity index (χ0) is 20.4. The molecule has 4 rings (SSSR count). The van der Waals surface area contributed by atoms with Crippen molar-refractivity contribution in [2.45, 2.75) is 20.3 Å². The molecule has 152 valence electrons. The minimum atomic E-state index is -0.184. The molecule has 0 N–H and O–H groups in total. The molecule has 1 saturated carbocycles. The molecule has 1 aromatic carbocycles. The first kappa shape index (κ1) is 19.4. The fourth-order valence-corrected chi connectivity index (χ4v) is 4.13. The summed E-state index contributed by atoms with van der Waals surface area (Å²) in [5.41, 5.74) is 2.04. The Morgan fingerprint density at radius 3 is 2.52 bits per heavy atom. The van der Waals surface area contributed by atoms with E-state index in [1.807, 2.05) is 66.1 Å². The molecule has 1 aliphatic heterocycles.